The van der Waals surface area contributed by atoms with E-state index in [1.165, 1.54) is 18.2 Å². The van der Waals surface area contributed by atoms with Crippen molar-refractivity contribution in [1.29, 1.82) is 0 Å². The molecular formula is C9H14N2O4S3. The third-order valence-electron chi connectivity index (χ3n) is 1.99. The Bertz CT molecular complexity index is 638. The molecule has 0 fully saturated rings. The SMILES string of the molecule is CS(=O)(=O)CCSc1ccc(N)cc1S(N)(=O)=O. The predicted octanol–water partition coefficient (Wildman–Crippen LogP) is 0.0529. The van der Waals surface area contributed by atoms with Crippen LogP contribution in [-0.2, 0) is 19.9 Å². The smallest absolute Gasteiger partial charge is 0.239 e. The van der Waals surface area contributed by atoms with Gasteiger partial charge in [-0.2, -0.15) is 0 Å². The van der Waals surface area contributed by atoms with Gasteiger partial charge in [0.2, 0.25) is 10.0 Å². The Labute approximate surface area is 111 Å². The molecule has 1 aromatic rings. The molecule has 0 amide bonds. The van der Waals surface area contributed by atoms with Crippen LogP contribution in [0.3, 0.4) is 0 Å². The second-order valence-electron chi connectivity index (χ2n) is 3.73. The summed E-state index contributed by atoms with van der Waals surface area (Å²) < 4.78 is 44.7. The van der Waals surface area contributed by atoms with Crippen LogP contribution in [-0.4, -0.2) is 34.6 Å². The molecule has 0 unspecified atom stereocenters. The van der Waals surface area contributed by atoms with Gasteiger partial charge in [-0.25, -0.2) is 22.0 Å². The first-order chi connectivity index (χ1) is 8.09. The predicted molar refractivity (Wildman–Crippen MR) is 72.7 cm³/mol. The number of nitrogen functional groups attached to an aromatic ring is 1. The van der Waals surface area contributed by atoms with Crippen molar-refractivity contribution in [1.82, 2.24) is 0 Å². The quantitative estimate of drug-likeness (QED) is 0.586. The molecule has 0 aliphatic carbocycles. The van der Waals surface area contributed by atoms with Crippen molar-refractivity contribution < 1.29 is 16.8 Å². The average molecular weight is 310 g/mol. The number of hydrogen-bond acceptors (Lipinski definition) is 6. The Morgan fingerprint density at radius 1 is 1.22 bits per heavy atom. The van der Waals surface area contributed by atoms with E-state index in [1.807, 2.05) is 0 Å². The number of benzene rings is 1. The molecule has 0 aromatic heterocycles. The molecule has 0 aliphatic rings. The standard InChI is InChI=1S/C9H14N2O4S3/c1-17(12,13)5-4-16-8-3-2-7(10)6-9(8)18(11,14)15/h2-3,6H,4-5,10H2,1H3,(H2,11,14,15). The molecule has 0 spiro atoms. The van der Waals surface area contributed by atoms with Crippen molar-refractivity contribution >= 4 is 37.3 Å². The lowest BCUT2D eigenvalue weighted by molar-refractivity contribution is 0.595. The minimum absolute atomic E-state index is 0.0356. The van der Waals surface area contributed by atoms with Crippen molar-refractivity contribution in [2.75, 3.05) is 23.5 Å². The highest BCUT2D eigenvalue weighted by Crippen LogP contribution is 2.27. The zero-order chi connectivity index (χ0) is 14.0. The number of hydrogen-bond donors (Lipinski definition) is 2. The van der Waals surface area contributed by atoms with Crippen LogP contribution in [0.5, 0.6) is 0 Å². The minimum Gasteiger partial charge on any atom is -0.399 e. The van der Waals surface area contributed by atoms with Gasteiger partial charge in [-0.3, -0.25) is 0 Å². The van der Waals surface area contributed by atoms with Gasteiger partial charge in [0.15, 0.2) is 0 Å². The number of nitrogens with two attached hydrogens (primary N) is 2. The van der Waals surface area contributed by atoms with Gasteiger partial charge in [0.25, 0.3) is 0 Å². The monoisotopic (exact) mass is 310 g/mol. The molecule has 0 atom stereocenters. The highest BCUT2D eigenvalue weighted by atomic mass is 32.2. The Balaban J connectivity index is 2.96. The number of rotatable bonds is 5. The maximum atomic E-state index is 11.4. The van der Waals surface area contributed by atoms with Crippen LogP contribution >= 0.6 is 11.8 Å². The lowest BCUT2D eigenvalue weighted by atomic mass is 10.3. The largest absolute Gasteiger partial charge is 0.399 e. The fourth-order valence-corrected chi connectivity index (χ4v) is 4.47. The van der Waals surface area contributed by atoms with E-state index in [0.717, 1.165) is 18.0 Å². The number of sulfone groups is 1. The van der Waals surface area contributed by atoms with E-state index in [1.54, 1.807) is 0 Å². The van der Waals surface area contributed by atoms with Crippen LogP contribution in [0.2, 0.25) is 0 Å². The molecule has 102 valence electrons. The summed E-state index contributed by atoms with van der Waals surface area (Å²) in [5.74, 6) is 0.220. The molecule has 0 saturated heterocycles. The fraction of sp³-hybridized carbons (Fsp3) is 0.333. The van der Waals surface area contributed by atoms with Crippen molar-refractivity contribution in [3.8, 4) is 0 Å². The first-order valence-electron chi connectivity index (χ1n) is 4.82. The molecule has 18 heavy (non-hydrogen) atoms. The maximum Gasteiger partial charge on any atom is 0.239 e. The molecule has 4 N–H and O–H groups in total. The summed E-state index contributed by atoms with van der Waals surface area (Å²) >= 11 is 1.12. The Hall–Kier alpha value is -0.770. The lowest BCUT2D eigenvalue weighted by Gasteiger charge is -2.08. The molecule has 0 saturated carbocycles. The second-order valence-corrected chi connectivity index (χ2v) is 8.66. The van der Waals surface area contributed by atoms with Crippen LogP contribution in [0.4, 0.5) is 5.69 Å². The van der Waals surface area contributed by atoms with Crippen molar-refractivity contribution in [2.24, 2.45) is 5.14 Å². The van der Waals surface area contributed by atoms with Crippen LogP contribution in [0.15, 0.2) is 28.0 Å². The molecule has 0 bridgehead atoms. The molecule has 9 heteroatoms. The van der Waals surface area contributed by atoms with Gasteiger partial charge < -0.3 is 5.73 Å². The average Bonchev–Trinajstić information content (AvgIpc) is 2.17. The number of thioether (sulfide) groups is 1. The summed E-state index contributed by atoms with van der Waals surface area (Å²) in [5, 5.41) is 5.07. The van der Waals surface area contributed by atoms with Crippen LogP contribution in [0.25, 0.3) is 0 Å². The molecule has 1 aromatic carbocycles. The Morgan fingerprint density at radius 2 is 1.83 bits per heavy atom. The zero-order valence-corrected chi connectivity index (χ0v) is 12.1. The topological polar surface area (TPSA) is 120 Å². The van der Waals surface area contributed by atoms with Gasteiger partial charge >= 0.3 is 0 Å². The second kappa shape index (κ2) is 5.47. The molecule has 1 rings (SSSR count). The van der Waals surface area contributed by atoms with E-state index >= 15 is 0 Å². The fourth-order valence-electron chi connectivity index (χ4n) is 1.17. The third kappa shape index (κ3) is 4.84. The summed E-state index contributed by atoms with van der Waals surface area (Å²) in [4.78, 5) is 0.316. The highest BCUT2D eigenvalue weighted by molar-refractivity contribution is 8.01. The molecule has 0 radical (unpaired) electrons. The normalized spacial score (nSPS) is 12.6. The molecular weight excluding hydrogens is 296 g/mol. The highest BCUT2D eigenvalue weighted by Gasteiger charge is 2.15. The number of primary sulfonamides is 1. The van der Waals surface area contributed by atoms with E-state index in [9.17, 15) is 16.8 Å². The number of anilines is 1. The molecule has 0 heterocycles. The van der Waals surface area contributed by atoms with Crippen molar-refractivity contribution in [3.05, 3.63) is 18.2 Å². The van der Waals surface area contributed by atoms with Crippen molar-refractivity contribution in [2.45, 2.75) is 9.79 Å². The van der Waals surface area contributed by atoms with Gasteiger partial charge in [0.05, 0.1) is 10.6 Å². The summed E-state index contributed by atoms with van der Waals surface area (Å²) in [6.07, 6.45) is 1.12. The first kappa shape index (κ1) is 15.3. The van der Waals surface area contributed by atoms with Crippen LogP contribution in [0.1, 0.15) is 0 Å². The van der Waals surface area contributed by atoms with E-state index in [0.29, 0.717) is 4.90 Å². The Morgan fingerprint density at radius 3 is 2.33 bits per heavy atom. The van der Waals surface area contributed by atoms with Crippen LogP contribution < -0.4 is 10.9 Å². The summed E-state index contributed by atoms with van der Waals surface area (Å²) in [6, 6.07) is 4.32. The summed E-state index contributed by atoms with van der Waals surface area (Å²) in [7, 11) is -6.95. The van der Waals surface area contributed by atoms with Gasteiger partial charge in [-0.05, 0) is 18.2 Å². The number of sulfonamides is 1. The van der Waals surface area contributed by atoms with E-state index in [-0.39, 0.29) is 22.1 Å². The van der Waals surface area contributed by atoms with E-state index in [2.05, 4.69) is 0 Å². The summed E-state index contributed by atoms with van der Waals surface area (Å²) in [6.45, 7) is 0. The van der Waals surface area contributed by atoms with Gasteiger partial charge in [-0.1, -0.05) is 0 Å². The van der Waals surface area contributed by atoms with Crippen LogP contribution in [0, 0.1) is 0 Å². The first-order valence-corrected chi connectivity index (χ1v) is 9.42. The zero-order valence-electron chi connectivity index (χ0n) is 9.66. The van der Waals surface area contributed by atoms with E-state index in [4.69, 9.17) is 10.9 Å². The van der Waals surface area contributed by atoms with E-state index < -0.39 is 19.9 Å². The summed E-state index contributed by atoms with van der Waals surface area (Å²) in [5.41, 5.74) is 5.78. The third-order valence-corrected chi connectivity index (χ3v) is 5.35. The van der Waals surface area contributed by atoms with Gasteiger partial charge in [0.1, 0.15) is 9.84 Å². The molecule has 6 nitrogen and oxygen atoms in total. The van der Waals surface area contributed by atoms with Gasteiger partial charge in [0, 0.05) is 22.6 Å². The lowest BCUT2D eigenvalue weighted by Crippen LogP contribution is -2.14. The minimum atomic E-state index is -3.87. The van der Waals surface area contributed by atoms with Gasteiger partial charge in [-0.15, -0.1) is 11.8 Å². The van der Waals surface area contributed by atoms with Crippen molar-refractivity contribution in [3.63, 3.8) is 0 Å². The molecule has 0 aliphatic heterocycles. The Kier molecular flexibility index (Phi) is 4.65. The maximum absolute atomic E-state index is 11.4.